The van der Waals surface area contributed by atoms with Crippen LogP contribution in [0.4, 0.5) is 5.69 Å². The Kier molecular flexibility index (Phi) is 5.27. The van der Waals surface area contributed by atoms with Crippen molar-refractivity contribution in [2.75, 3.05) is 18.0 Å². The Hall–Kier alpha value is -3.48. The second-order valence-corrected chi connectivity index (χ2v) is 8.69. The molecule has 3 aromatic carbocycles. The highest BCUT2D eigenvalue weighted by atomic mass is 35.5. The molecule has 0 fully saturated rings. The maximum Gasteiger partial charge on any atom is 0.276 e. The number of nitrogens with zero attached hydrogens (tertiary/aromatic N) is 2. The first kappa shape index (κ1) is 21.4. The molecular weight excluding hydrogens is 461 g/mol. The maximum absolute atomic E-state index is 12.8. The first-order valence-electron chi connectivity index (χ1n) is 10.3. The van der Waals surface area contributed by atoms with Crippen LogP contribution < -0.4 is 4.90 Å². The molecule has 8 heteroatoms. The van der Waals surface area contributed by atoms with E-state index in [-0.39, 0.29) is 30.6 Å². The molecular formula is C25H17Cl2N3O3. The fourth-order valence-electron chi connectivity index (χ4n) is 4.27. The number of anilines is 1. The molecule has 0 saturated carbocycles. The van der Waals surface area contributed by atoms with Gasteiger partial charge in [-0.2, -0.15) is 0 Å². The lowest BCUT2D eigenvalue weighted by Crippen LogP contribution is -2.35. The summed E-state index contributed by atoms with van der Waals surface area (Å²) in [5.74, 6) is -1.06. The molecule has 0 radical (unpaired) electrons. The van der Waals surface area contributed by atoms with Crippen molar-refractivity contribution in [2.24, 2.45) is 0 Å². The minimum absolute atomic E-state index is 0.0838. The molecule has 0 spiro atoms. The van der Waals surface area contributed by atoms with E-state index in [0.29, 0.717) is 38.8 Å². The van der Waals surface area contributed by atoms with Gasteiger partial charge in [-0.15, -0.1) is 0 Å². The van der Waals surface area contributed by atoms with Crippen molar-refractivity contribution in [3.8, 4) is 11.1 Å². The average molecular weight is 478 g/mol. The standard InChI is InChI=1S/C25H17Cl2N3O3/c26-15-7-9-16(20(27)13-15)14-6-8-19-21(12-14)29(25(33)22(19)28)10-3-11-30-23(31)17-4-1-2-5-18(17)24(30)32/h1-2,4-9,12-13,28H,3,10-11H2. The molecule has 3 aromatic rings. The number of fused-ring (bicyclic) bond motifs is 2. The van der Waals surface area contributed by atoms with E-state index in [1.165, 1.54) is 9.80 Å². The molecule has 2 aliphatic rings. The van der Waals surface area contributed by atoms with Crippen molar-refractivity contribution in [1.29, 1.82) is 5.41 Å². The van der Waals surface area contributed by atoms with Crippen molar-refractivity contribution in [2.45, 2.75) is 6.42 Å². The highest BCUT2D eigenvalue weighted by Gasteiger charge is 2.36. The topological polar surface area (TPSA) is 81.5 Å². The van der Waals surface area contributed by atoms with Crippen LogP contribution >= 0.6 is 23.2 Å². The maximum atomic E-state index is 12.8. The molecule has 1 N–H and O–H groups in total. The molecule has 0 aliphatic carbocycles. The summed E-state index contributed by atoms with van der Waals surface area (Å²) in [5, 5.41) is 9.22. The first-order valence-corrected chi connectivity index (χ1v) is 11.1. The molecule has 2 aliphatic heterocycles. The van der Waals surface area contributed by atoms with Gasteiger partial charge in [-0.25, -0.2) is 0 Å². The Morgan fingerprint density at radius 2 is 1.33 bits per heavy atom. The molecule has 0 unspecified atom stereocenters. The van der Waals surface area contributed by atoms with Gasteiger partial charge in [0.05, 0.1) is 16.8 Å². The van der Waals surface area contributed by atoms with Gasteiger partial charge in [0.2, 0.25) is 0 Å². The van der Waals surface area contributed by atoms with E-state index < -0.39 is 5.91 Å². The molecule has 6 nitrogen and oxygen atoms in total. The Bertz CT molecular complexity index is 1330. The van der Waals surface area contributed by atoms with Gasteiger partial charge in [0.25, 0.3) is 17.7 Å². The second kappa shape index (κ2) is 8.14. The molecule has 164 valence electrons. The summed E-state index contributed by atoms with van der Waals surface area (Å²) in [4.78, 5) is 40.6. The van der Waals surface area contributed by atoms with Crippen molar-refractivity contribution >= 4 is 52.3 Å². The summed E-state index contributed by atoms with van der Waals surface area (Å²) in [6.45, 7) is 0.445. The van der Waals surface area contributed by atoms with Crippen LogP contribution in [0.15, 0.2) is 60.7 Å². The molecule has 0 bridgehead atoms. The number of carbonyl (C=O) groups is 3. The normalized spacial score (nSPS) is 14.8. The van der Waals surface area contributed by atoms with Crippen LogP contribution in [0.2, 0.25) is 10.0 Å². The van der Waals surface area contributed by atoms with E-state index in [0.717, 1.165) is 11.1 Å². The average Bonchev–Trinajstić information content (AvgIpc) is 3.19. The summed E-state index contributed by atoms with van der Waals surface area (Å²) < 4.78 is 0. The Labute approximate surface area is 199 Å². The monoisotopic (exact) mass is 477 g/mol. The molecule has 3 amide bonds. The molecule has 33 heavy (non-hydrogen) atoms. The van der Waals surface area contributed by atoms with Crippen LogP contribution in [0.25, 0.3) is 11.1 Å². The summed E-state index contributed by atoms with van der Waals surface area (Å²) in [6.07, 6.45) is 0.385. The summed E-state index contributed by atoms with van der Waals surface area (Å²) >= 11 is 12.4. The number of amides is 3. The molecule has 0 atom stereocenters. The van der Waals surface area contributed by atoms with Gasteiger partial charge in [0.1, 0.15) is 5.71 Å². The van der Waals surface area contributed by atoms with Crippen LogP contribution in [0, 0.1) is 5.41 Å². The third-order valence-corrected chi connectivity index (χ3v) is 6.45. The Morgan fingerprint density at radius 1 is 0.697 bits per heavy atom. The van der Waals surface area contributed by atoms with E-state index in [1.54, 1.807) is 48.5 Å². The van der Waals surface area contributed by atoms with Gasteiger partial charge in [-0.05, 0) is 48.4 Å². The van der Waals surface area contributed by atoms with Gasteiger partial charge in [0, 0.05) is 34.3 Å². The lowest BCUT2D eigenvalue weighted by Gasteiger charge is -2.20. The molecule has 0 saturated heterocycles. The number of imide groups is 1. The number of rotatable bonds is 5. The lowest BCUT2D eigenvalue weighted by atomic mass is 10.0. The minimum Gasteiger partial charge on any atom is -0.306 e. The highest BCUT2D eigenvalue weighted by Crippen LogP contribution is 2.37. The third kappa shape index (κ3) is 3.52. The fourth-order valence-corrected chi connectivity index (χ4v) is 4.79. The smallest absolute Gasteiger partial charge is 0.276 e. The van der Waals surface area contributed by atoms with Crippen LogP contribution in [-0.2, 0) is 4.79 Å². The first-order chi connectivity index (χ1) is 15.9. The van der Waals surface area contributed by atoms with E-state index in [1.807, 2.05) is 12.1 Å². The zero-order chi connectivity index (χ0) is 23.3. The van der Waals surface area contributed by atoms with Crippen LogP contribution in [0.5, 0.6) is 0 Å². The Balaban J connectivity index is 1.36. The van der Waals surface area contributed by atoms with E-state index in [4.69, 9.17) is 28.6 Å². The predicted octanol–water partition coefficient (Wildman–Crippen LogP) is 5.06. The number of hydrogen-bond donors (Lipinski definition) is 1. The third-order valence-electron chi connectivity index (χ3n) is 5.90. The molecule has 2 heterocycles. The number of hydrogen-bond acceptors (Lipinski definition) is 4. The van der Waals surface area contributed by atoms with Crippen LogP contribution in [-0.4, -0.2) is 41.4 Å². The predicted molar refractivity (Wildman–Crippen MR) is 128 cm³/mol. The summed E-state index contributed by atoms with van der Waals surface area (Å²) in [7, 11) is 0. The number of nitrogens with one attached hydrogen (secondary N) is 1. The lowest BCUT2D eigenvalue weighted by molar-refractivity contribution is -0.112. The van der Waals surface area contributed by atoms with Gasteiger partial charge in [0.15, 0.2) is 0 Å². The molecule has 0 aromatic heterocycles. The largest absolute Gasteiger partial charge is 0.306 e. The van der Waals surface area contributed by atoms with Gasteiger partial charge >= 0.3 is 0 Å². The van der Waals surface area contributed by atoms with Crippen LogP contribution in [0.3, 0.4) is 0 Å². The van der Waals surface area contributed by atoms with Gasteiger partial charge in [-0.1, -0.05) is 47.5 Å². The van der Waals surface area contributed by atoms with Crippen molar-refractivity contribution < 1.29 is 14.4 Å². The van der Waals surface area contributed by atoms with E-state index >= 15 is 0 Å². The van der Waals surface area contributed by atoms with Crippen molar-refractivity contribution in [1.82, 2.24) is 4.90 Å². The number of halogens is 2. The highest BCUT2D eigenvalue weighted by molar-refractivity contribution is 6.53. The van der Waals surface area contributed by atoms with Crippen molar-refractivity contribution in [3.63, 3.8) is 0 Å². The zero-order valence-electron chi connectivity index (χ0n) is 17.3. The second-order valence-electron chi connectivity index (χ2n) is 7.85. The summed E-state index contributed by atoms with van der Waals surface area (Å²) in [5.41, 5.74) is 3.42. The summed E-state index contributed by atoms with van der Waals surface area (Å²) in [6, 6.07) is 17.3. The fraction of sp³-hybridized carbons (Fsp3) is 0.120. The van der Waals surface area contributed by atoms with Crippen LogP contribution in [0.1, 0.15) is 32.7 Å². The van der Waals surface area contributed by atoms with E-state index in [2.05, 4.69) is 0 Å². The van der Waals surface area contributed by atoms with E-state index in [9.17, 15) is 14.4 Å². The minimum atomic E-state index is -0.410. The number of carbonyl (C=O) groups excluding carboxylic acids is 3. The molecule has 5 rings (SSSR count). The number of benzene rings is 3. The van der Waals surface area contributed by atoms with Crippen molar-refractivity contribution in [3.05, 3.63) is 87.4 Å². The van der Waals surface area contributed by atoms with Gasteiger partial charge in [-0.3, -0.25) is 24.7 Å². The SMILES string of the molecule is N=C1C(=O)N(CCCN2C(=O)c3ccccc3C2=O)c2cc(-c3ccc(Cl)cc3Cl)ccc21. The Morgan fingerprint density at radius 3 is 2.00 bits per heavy atom. The quantitative estimate of drug-likeness (QED) is 0.521. The van der Waals surface area contributed by atoms with Gasteiger partial charge < -0.3 is 4.90 Å². The zero-order valence-corrected chi connectivity index (χ0v) is 18.8.